The predicted octanol–water partition coefficient (Wildman–Crippen LogP) is 3.56. The Hall–Kier alpha value is -1.58. The molecule has 0 aliphatic carbocycles. The van der Waals surface area contributed by atoms with E-state index in [4.69, 9.17) is 16.3 Å². The van der Waals surface area contributed by atoms with Gasteiger partial charge in [-0.05, 0) is 47.4 Å². The second kappa shape index (κ2) is 6.04. The molecule has 1 aliphatic heterocycles. The molecular weight excluding hydrogens is 291 g/mol. The van der Waals surface area contributed by atoms with Crippen molar-refractivity contribution < 1.29 is 14.2 Å². The van der Waals surface area contributed by atoms with Gasteiger partial charge in [-0.2, -0.15) is 0 Å². The Morgan fingerprint density at radius 1 is 1.24 bits per heavy atom. The SMILES string of the molecule is OC(Cc1cccc(F)c1)Cc1cc(Cl)cc2c1OCC2. The highest BCUT2D eigenvalue weighted by Crippen LogP contribution is 2.33. The lowest BCUT2D eigenvalue weighted by Crippen LogP contribution is -2.14. The third-order valence-corrected chi connectivity index (χ3v) is 3.86. The zero-order chi connectivity index (χ0) is 14.8. The number of fused-ring (bicyclic) bond motifs is 1. The minimum atomic E-state index is -0.599. The van der Waals surface area contributed by atoms with Gasteiger partial charge in [0.05, 0.1) is 12.7 Å². The molecule has 3 rings (SSSR count). The van der Waals surface area contributed by atoms with Gasteiger partial charge in [-0.25, -0.2) is 4.39 Å². The number of aliphatic hydroxyl groups excluding tert-OH is 1. The van der Waals surface area contributed by atoms with E-state index < -0.39 is 6.10 Å². The highest BCUT2D eigenvalue weighted by atomic mass is 35.5. The van der Waals surface area contributed by atoms with Crippen molar-refractivity contribution in [1.29, 1.82) is 0 Å². The summed E-state index contributed by atoms with van der Waals surface area (Å²) in [4.78, 5) is 0. The molecule has 1 heterocycles. The highest BCUT2D eigenvalue weighted by molar-refractivity contribution is 6.30. The minimum Gasteiger partial charge on any atom is -0.493 e. The van der Waals surface area contributed by atoms with Gasteiger partial charge in [0, 0.05) is 17.9 Å². The molecule has 1 N–H and O–H groups in total. The van der Waals surface area contributed by atoms with Crippen LogP contribution in [0.15, 0.2) is 36.4 Å². The molecule has 2 aromatic carbocycles. The Morgan fingerprint density at radius 2 is 2.10 bits per heavy atom. The van der Waals surface area contributed by atoms with E-state index in [0.29, 0.717) is 24.5 Å². The molecular formula is C17H16ClFO2. The molecule has 0 radical (unpaired) electrons. The van der Waals surface area contributed by atoms with Gasteiger partial charge in [0.15, 0.2) is 0 Å². The van der Waals surface area contributed by atoms with Crippen LogP contribution < -0.4 is 4.74 Å². The van der Waals surface area contributed by atoms with Crippen LogP contribution >= 0.6 is 11.6 Å². The van der Waals surface area contributed by atoms with Crippen molar-refractivity contribution in [2.45, 2.75) is 25.4 Å². The van der Waals surface area contributed by atoms with Gasteiger partial charge in [0.1, 0.15) is 11.6 Å². The fraction of sp³-hybridized carbons (Fsp3) is 0.294. The van der Waals surface area contributed by atoms with E-state index in [1.165, 1.54) is 12.1 Å². The number of ether oxygens (including phenoxy) is 1. The Bertz CT molecular complexity index is 657. The van der Waals surface area contributed by atoms with Crippen molar-refractivity contribution in [2.24, 2.45) is 0 Å². The Labute approximate surface area is 128 Å². The molecule has 0 saturated heterocycles. The maximum Gasteiger partial charge on any atom is 0.126 e. The maximum atomic E-state index is 13.2. The van der Waals surface area contributed by atoms with Gasteiger partial charge in [-0.3, -0.25) is 0 Å². The average Bonchev–Trinajstić information content (AvgIpc) is 2.86. The molecule has 1 unspecified atom stereocenters. The Morgan fingerprint density at radius 3 is 2.90 bits per heavy atom. The molecule has 1 atom stereocenters. The number of aliphatic hydroxyl groups is 1. The van der Waals surface area contributed by atoms with Crippen molar-refractivity contribution in [3.63, 3.8) is 0 Å². The van der Waals surface area contributed by atoms with Crippen molar-refractivity contribution >= 4 is 11.6 Å². The van der Waals surface area contributed by atoms with Crippen LogP contribution in [0.2, 0.25) is 5.02 Å². The molecule has 21 heavy (non-hydrogen) atoms. The summed E-state index contributed by atoms with van der Waals surface area (Å²) < 4.78 is 18.8. The number of rotatable bonds is 4. The maximum absolute atomic E-state index is 13.2. The van der Waals surface area contributed by atoms with Crippen LogP contribution in [0.25, 0.3) is 0 Å². The molecule has 0 spiro atoms. The van der Waals surface area contributed by atoms with Gasteiger partial charge in [0.25, 0.3) is 0 Å². The van der Waals surface area contributed by atoms with Crippen LogP contribution in [0.3, 0.4) is 0 Å². The van der Waals surface area contributed by atoms with Gasteiger partial charge < -0.3 is 9.84 Å². The van der Waals surface area contributed by atoms with Crippen molar-refractivity contribution in [2.75, 3.05) is 6.61 Å². The lowest BCUT2D eigenvalue weighted by Gasteiger charge is -2.14. The van der Waals surface area contributed by atoms with Crippen LogP contribution in [0.1, 0.15) is 16.7 Å². The van der Waals surface area contributed by atoms with Gasteiger partial charge in [-0.1, -0.05) is 23.7 Å². The number of hydrogen-bond donors (Lipinski definition) is 1. The fourth-order valence-electron chi connectivity index (χ4n) is 2.76. The summed E-state index contributed by atoms with van der Waals surface area (Å²) in [6.45, 7) is 0.655. The van der Waals surface area contributed by atoms with E-state index in [1.54, 1.807) is 6.07 Å². The minimum absolute atomic E-state index is 0.285. The molecule has 0 amide bonds. The van der Waals surface area contributed by atoms with Crippen molar-refractivity contribution in [1.82, 2.24) is 0 Å². The normalized spacial score (nSPS) is 14.6. The number of benzene rings is 2. The summed E-state index contributed by atoms with van der Waals surface area (Å²) in [5.41, 5.74) is 2.79. The summed E-state index contributed by atoms with van der Waals surface area (Å²) in [7, 11) is 0. The summed E-state index contributed by atoms with van der Waals surface area (Å²) in [5, 5.41) is 10.9. The molecule has 2 aromatic rings. The largest absolute Gasteiger partial charge is 0.493 e. The number of halogens is 2. The van der Waals surface area contributed by atoms with E-state index in [9.17, 15) is 9.50 Å². The van der Waals surface area contributed by atoms with Crippen LogP contribution in [0.5, 0.6) is 5.75 Å². The molecule has 0 bridgehead atoms. The standard InChI is InChI=1S/C17H16ClFO2/c18-14-8-12-4-5-21-17(12)13(9-14)10-16(20)7-11-2-1-3-15(19)6-11/h1-3,6,8-9,16,20H,4-5,7,10H2. The van der Waals surface area contributed by atoms with Crippen LogP contribution in [0, 0.1) is 5.82 Å². The third-order valence-electron chi connectivity index (χ3n) is 3.64. The van der Waals surface area contributed by atoms with E-state index in [1.807, 2.05) is 18.2 Å². The van der Waals surface area contributed by atoms with Crippen LogP contribution in [-0.4, -0.2) is 17.8 Å². The molecule has 0 aromatic heterocycles. The predicted molar refractivity (Wildman–Crippen MR) is 80.5 cm³/mol. The van der Waals surface area contributed by atoms with Crippen molar-refractivity contribution in [3.8, 4) is 5.75 Å². The third kappa shape index (κ3) is 3.36. The fourth-order valence-corrected chi connectivity index (χ4v) is 3.02. The van der Waals surface area contributed by atoms with Crippen molar-refractivity contribution in [3.05, 3.63) is 63.9 Å². The average molecular weight is 307 g/mol. The van der Waals surface area contributed by atoms with Gasteiger partial charge in [-0.15, -0.1) is 0 Å². The molecule has 0 saturated carbocycles. The first-order chi connectivity index (χ1) is 10.1. The van der Waals surface area contributed by atoms with Crippen LogP contribution in [0.4, 0.5) is 4.39 Å². The zero-order valence-corrected chi connectivity index (χ0v) is 12.2. The summed E-state index contributed by atoms with van der Waals surface area (Å²) in [6, 6.07) is 10.0. The second-order valence-corrected chi connectivity index (χ2v) is 5.78. The second-order valence-electron chi connectivity index (χ2n) is 5.34. The monoisotopic (exact) mass is 306 g/mol. The topological polar surface area (TPSA) is 29.5 Å². The van der Waals surface area contributed by atoms with Gasteiger partial charge >= 0.3 is 0 Å². The molecule has 1 aliphatic rings. The van der Waals surface area contributed by atoms with E-state index in [2.05, 4.69) is 0 Å². The van der Waals surface area contributed by atoms with Gasteiger partial charge in [0.2, 0.25) is 0 Å². The Balaban J connectivity index is 1.75. The van der Waals surface area contributed by atoms with E-state index in [-0.39, 0.29) is 5.82 Å². The Kier molecular flexibility index (Phi) is 4.13. The first kappa shape index (κ1) is 14.4. The zero-order valence-electron chi connectivity index (χ0n) is 11.5. The van der Waals surface area contributed by atoms with Crippen LogP contribution in [-0.2, 0) is 19.3 Å². The molecule has 110 valence electrons. The molecule has 4 heteroatoms. The quantitative estimate of drug-likeness (QED) is 0.936. The number of hydrogen-bond acceptors (Lipinski definition) is 2. The smallest absolute Gasteiger partial charge is 0.126 e. The van der Waals surface area contributed by atoms with E-state index >= 15 is 0 Å². The first-order valence-corrected chi connectivity index (χ1v) is 7.36. The summed E-state index contributed by atoms with van der Waals surface area (Å²) >= 11 is 6.11. The highest BCUT2D eigenvalue weighted by Gasteiger charge is 2.19. The first-order valence-electron chi connectivity index (χ1n) is 6.98. The summed E-state index contributed by atoms with van der Waals surface area (Å²) in [6.07, 6.45) is 1.10. The molecule has 2 nitrogen and oxygen atoms in total. The summed E-state index contributed by atoms with van der Waals surface area (Å²) in [5.74, 6) is 0.560. The molecule has 0 fully saturated rings. The lowest BCUT2D eigenvalue weighted by atomic mass is 9.99. The lowest BCUT2D eigenvalue weighted by molar-refractivity contribution is 0.174. The van der Waals surface area contributed by atoms with E-state index in [0.717, 1.165) is 28.9 Å².